The van der Waals surface area contributed by atoms with Crippen LogP contribution >= 0.6 is 0 Å². The molecule has 0 amide bonds. The van der Waals surface area contributed by atoms with Crippen LogP contribution in [0.4, 0.5) is 110 Å². The molecule has 0 rings (SSSR count). The van der Waals surface area contributed by atoms with Gasteiger partial charge in [0.25, 0.3) is 0 Å². The minimum Gasteiger partial charge on any atom is -0.396 e. The number of halogens is 25. The average Bonchev–Trinajstić information content (AvgIpc) is 2.80. The van der Waals surface area contributed by atoms with Gasteiger partial charge < -0.3 is 5.11 Å². The number of carbonyl (C=O) groups excluding carboxylic acids is 1. The zero-order valence-corrected chi connectivity index (χ0v) is 19.8. The van der Waals surface area contributed by atoms with Crippen molar-refractivity contribution in [2.45, 2.75) is 84.7 Å². The number of carbonyl (C=O) groups is 1. The first kappa shape index (κ1) is 41.9. The third-order valence-corrected chi connectivity index (χ3v) is 5.66. The fraction of sp³-hybridized carbons (Fsp3) is 0.941. The summed E-state index contributed by atoms with van der Waals surface area (Å²) in [6.07, 6.45) is -11.5. The lowest BCUT2D eigenvalue weighted by molar-refractivity contribution is -0.482. The molecule has 1 N–H and O–H groups in total. The van der Waals surface area contributed by atoms with E-state index in [9.17, 15) is 115 Å². The van der Waals surface area contributed by atoms with Crippen molar-refractivity contribution < 1.29 is 120 Å². The zero-order chi connectivity index (χ0) is 36.6. The van der Waals surface area contributed by atoms with Crippen LogP contribution in [-0.2, 0) is 4.79 Å². The summed E-state index contributed by atoms with van der Waals surface area (Å²) in [6.45, 7) is -1.92. The van der Waals surface area contributed by atoms with Crippen LogP contribution in [0.3, 0.4) is 0 Å². The van der Waals surface area contributed by atoms with E-state index < -0.39 is 96.1 Å². The molecule has 0 heterocycles. The molecule has 0 saturated heterocycles. The molecule has 0 bridgehead atoms. The third-order valence-electron chi connectivity index (χ3n) is 5.66. The van der Waals surface area contributed by atoms with Crippen molar-refractivity contribution in [3.8, 4) is 0 Å². The molecule has 0 spiro atoms. The van der Waals surface area contributed by atoms with E-state index in [-0.39, 0.29) is 6.92 Å². The zero-order valence-electron chi connectivity index (χ0n) is 19.8. The lowest BCUT2D eigenvalue weighted by atomic mass is 9.83. The van der Waals surface area contributed by atoms with Crippen LogP contribution in [0.2, 0.25) is 0 Å². The Bertz CT molecular complexity index is 1050. The van der Waals surface area contributed by atoms with Crippen molar-refractivity contribution >= 4 is 5.78 Å². The number of hydrogen-bond acceptors (Lipinski definition) is 2. The number of hydrogen-bond donors (Lipinski definition) is 1. The van der Waals surface area contributed by atoms with Crippen molar-refractivity contribution in [3.05, 3.63) is 0 Å². The van der Waals surface area contributed by atoms with E-state index in [1.54, 1.807) is 0 Å². The van der Waals surface area contributed by atoms with Crippen LogP contribution in [0.15, 0.2) is 0 Å². The second-order valence-corrected chi connectivity index (χ2v) is 8.64. The Balaban J connectivity index is 7.32. The third kappa shape index (κ3) is 5.18. The maximum atomic E-state index is 13.8. The molecule has 27 heteroatoms. The van der Waals surface area contributed by atoms with E-state index in [0.717, 1.165) is 0 Å². The molecule has 0 aliphatic rings. The SMILES string of the molecule is CC(=O)C(CO)CC(F)(F)C(F)(F)C(F)(F)C(F)(F)C(F)(F)C(F)(F)C(F)(F)C(F)(F)C(F)(F)C(F)(F)C(F)(F)C(F)(F)F. The first-order chi connectivity index (χ1) is 18.6. The van der Waals surface area contributed by atoms with Gasteiger partial charge in [-0.1, -0.05) is 0 Å². The minimum absolute atomic E-state index is 0.114. The van der Waals surface area contributed by atoms with Crippen molar-refractivity contribution in [1.29, 1.82) is 0 Å². The molecule has 0 fully saturated rings. The van der Waals surface area contributed by atoms with Gasteiger partial charge in [-0.25, -0.2) is 0 Å². The van der Waals surface area contributed by atoms with Gasteiger partial charge in [-0.3, -0.25) is 4.79 Å². The Morgan fingerprint density at radius 2 is 0.636 bits per heavy atom. The van der Waals surface area contributed by atoms with Gasteiger partial charge in [0, 0.05) is 12.3 Å². The summed E-state index contributed by atoms with van der Waals surface area (Å²) in [7, 11) is 0. The normalized spacial score (nSPS) is 17.2. The monoisotopic (exact) mass is 720 g/mol. The standard InChI is InChI=1S/C17H9F25O2/c1-4(44)5(3-43)2-6(18,19)7(20,21)8(22,23)9(24,25)10(26,27)11(28,29)12(30,31)13(32,33)14(34,35)15(36,37)16(38,39)17(40,41)42/h5,43H,2-3H2,1H3. The number of rotatable bonds is 14. The molecule has 1 atom stereocenters. The Morgan fingerprint density at radius 1 is 0.432 bits per heavy atom. The predicted molar refractivity (Wildman–Crippen MR) is 86.3 cm³/mol. The molecule has 0 aromatic heterocycles. The van der Waals surface area contributed by atoms with Crippen LogP contribution in [-0.4, -0.2) is 88.8 Å². The maximum absolute atomic E-state index is 13.8. The predicted octanol–water partition coefficient (Wildman–Crippen LogP) is 8.12. The molecular formula is C17H9F25O2. The largest absolute Gasteiger partial charge is 0.460 e. The van der Waals surface area contributed by atoms with Crippen LogP contribution < -0.4 is 0 Å². The van der Waals surface area contributed by atoms with Crippen molar-refractivity contribution in [2.75, 3.05) is 6.61 Å². The summed E-state index contributed by atoms with van der Waals surface area (Å²) in [4.78, 5) is 10.9. The van der Waals surface area contributed by atoms with Crippen molar-refractivity contribution in [3.63, 3.8) is 0 Å². The number of alkyl halides is 25. The molecule has 0 aliphatic carbocycles. The number of aliphatic hydroxyl groups excluding tert-OH is 1. The van der Waals surface area contributed by atoms with Gasteiger partial charge in [0.1, 0.15) is 5.78 Å². The fourth-order valence-corrected chi connectivity index (χ4v) is 2.76. The molecule has 44 heavy (non-hydrogen) atoms. The van der Waals surface area contributed by atoms with E-state index in [1.807, 2.05) is 0 Å². The van der Waals surface area contributed by atoms with E-state index in [2.05, 4.69) is 0 Å². The molecule has 0 saturated carbocycles. The molecule has 1 unspecified atom stereocenters. The highest BCUT2D eigenvalue weighted by molar-refractivity contribution is 5.78. The summed E-state index contributed by atoms with van der Waals surface area (Å²) in [5, 5.41) is 8.58. The number of Topliss-reactive ketones (excluding diaryl/α,β-unsaturated/α-hetero) is 1. The van der Waals surface area contributed by atoms with Crippen LogP contribution in [0, 0.1) is 5.92 Å². The summed E-state index contributed by atoms with van der Waals surface area (Å²) in [5.74, 6) is -104. The smallest absolute Gasteiger partial charge is 0.396 e. The van der Waals surface area contributed by atoms with Crippen LogP contribution in [0.1, 0.15) is 13.3 Å². The Kier molecular flexibility index (Phi) is 10.2. The highest BCUT2D eigenvalue weighted by atomic mass is 19.4. The van der Waals surface area contributed by atoms with E-state index >= 15 is 0 Å². The fourth-order valence-electron chi connectivity index (χ4n) is 2.76. The molecule has 0 aromatic rings. The number of aliphatic hydroxyl groups is 1. The average molecular weight is 720 g/mol. The lowest BCUT2D eigenvalue weighted by Crippen LogP contribution is -2.78. The van der Waals surface area contributed by atoms with Gasteiger partial charge in [0.05, 0.1) is 6.61 Å². The first-order valence-corrected chi connectivity index (χ1v) is 9.95. The van der Waals surface area contributed by atoms with E-state index in [1.165, 1.54) is 0 Å². The second-order valence-electron chi connectivity index (χ2n) is 8.64. The Hall–Kier alpha value is -2.12. The van der Waals surface area contributed by atoms with Crippen molar-refractivity contribution in [1.82, 2.24) is 0 Å². The summed E-state index contributed by atoms with van der Waals surface area (Å²) in [6, 6.07) is 0. The van der Waals surface area contributed by atoms with Gasteiger partial charge >= 0.3 is 71.3 Å². The van der Waals surface area contributed by atoms with Crippen LogP contribution in [0.25, 0.3) is 0 Å². The second kappa shape index (κ2) is 10.7. The summed E-state index contributed by atoms with van der Waals surface area (Å²) < 4.78 is 334. The molecule has 0 aliphatic heterocycles. The van der Waals surface area contributed by atoms with Gasteiger partial charge in [-0.15, -0.1) is 0 Å². The highest BCUT2D eigenvalue weighted by Crippen LogP contribution is 2.68. The quantitative estimate of drug-likeness (QED) is 0.184. The summed E-state index contributed by atoms with van der Waals surface area (Å²) in [5.41, 5.74) is 0. The molecule has 264 valence electrons. The van der Waals surface area contributed by atoms with E-state index in [0.29, 0.717) is 0 Å². The topological polar surface area (TPSA) is 37.3 Å². The van der Waals surface area contributed by atoms with Gasteiger partial charge in [0.15, 0.2) is 0 Å². The van der Waals surface area contributed by atoms with Gasteiger partial charge in [-0.05, 0) is 6.92 Å². The van der Waals surface area contributed by atoms with E-state index in [4.69, 9.17) is 5.11 Å². The van der Waals surface area contributed by atoms with Gasteiger partial charge in [0.2, 0.25) is 0 Å². The Morgan fingerprint density at radius 3 is 0.818 bits per heavy atom. The highest BCUT2D eigenvalue weighted by Gasteiger charge is 2.99. The van der Waals surface area contributed by atoms with Crippen molar-refractivity contribution in [2.24, 2.45) is 5.92 Å². The molecule has 0 radical (unpaired) electrons. The number of ketones is 1. The first-order valence-electron chi connectivity index (χ1n) is 9.95. The maximum Gasteiger partial charge on any atom is 0.460 e. The molecule has 2 nitrogen and oxygen atoms in total. The van der Waals surface area contributed by atoms with Gasteiger partial charge in [-0.2, -0.15) is 110 Å². The molecule has 0 aromatic carbocycles. The minimum atomic E-state index is -9.65. The summed E-state index contributed by atoms with van der Waals surface area (Å²) >= 11 is 0. The lowest BCUT2D eigenvalue weighted by Gasteiger charge is -2.45. The van der Waals surface area contributed by atoms with Crippen LogP contribution in [0.5, 0.6) is 0 Å². The Labute approximate surface area is 224 Å². The molecular weight excluding hydrogens is 711 g/mol.